The summed E-state index contributed by atoms with van der Waals surface area (Å²) in [4.78, 5) is 22.8. The molecule has 2 saturated heterocycles. The molecule has 2 aliphatic heterocycles. The Morgan fingerprint density at radius 3 is 3.05 bits per heavy atom. The van der Waals surface area contributed by atoms with Gasteiger partial charge in [0.1, 0.15) is 5.60 Å². The lowest BCUT2D eigenvalue weighted by atomic mass is 9.95. The summed E-state index contributed by atoms with van der Waals surface area (Å²) in [5, 5.41) is 0. The number of ether oxygens (including phenoxy) is 1. The van der Waals surface area contributed by atoms with E-state index in [1.165, 1.54) is 0 Å². The summed E-state index contributed by atoms with van der Waals surface area (Å²) >= 11 is 0. The lowest BCUT2D eigenvalue weighted by Gasteiger charge is -2.25. The van der Waals surface area contributed by atoms with Crippen molar-refractivity contribution in [2.45, 2.75) is 31.4 Å². The molecule has 6 nitrogen and oxygen atoms in total. The fourth-order valence-electron chi connectivity index (χ4n) is 3.05. The van der Waals surface area contributed by atoms with Gasteiger partial charge in [-0.25, -0.2) is 9.78 Å². The predicted octanol–water partition coefficient (Wildman–Crippen LogP) is 1.22. The number of rotatable bonds is 2. The number of likely N-dealkylation sites (N-methyl/N-ethyl adjacent to an activating group) is 1. The largest absolute Gasteiger partial charge is 0.441 e. The Morgan fingerprint density at radius 1 is 1.47 bits per heavy atom. The van der Waals surface area contributed by atoms with Gasteiger partial charge in [0.25, 0.3) is 0 Å². The van der Waals surface area contributed by atoms with Crippen LogP contribution in [0.15, 0.2) is 12.5 Å². The molecule has 1 atom stereocenters. The fraction of sp³-hybridized carbons (Fsp3) is 0.692. The number of aromatic amines is 1. The zero-order valence-corrected chi connectivity index (χ0v) is 11.3. The molecule has 1 spiro atoms. The first kappa shape index (κ1) is 12.5. The maximum absolute atomic E-state index is 11.6. The topological polar surface area (TPSA) is 61.5 Å². The number of nitrogens with zero attached hydrogens (tertiary/aromatic N) is 3. The quantitative estimate of drug-likeness (QED) is 0.872. The van der Waals surface area contributed by atoms with Crippen LogP contribution >= 0.6 is 0 Å². The van der Waals surface area contributed by atoms with Gasteiger partial charge in [0.15, 0.2) is 0 Å². The van der Waals surface area contributed by atoms with Crippen molar-refractivity contribution >= 4 is 6.09 Å². The summed E-state index contributed by atoms with van der Waals surface area (Å²) in [6.45, 7) is 3.62. The minimum atomic E-state index is -0.255. The number of hydrogen-bond acceptors (Lipinski definition) is 4. The van der Waals surface area contributed by atoms with Gasteiger partial charge in [-0.05, 0) is 19.4 Å². The summed E-state index contributed by atoms with van der Waals surface area (Å²) in [7, 11) is 1.81. The van der Waals surface area contributed by atoms with Crippen molar-refractivity contribution in [3.8, 4) is 0 Å². The molecule has 2 aliphatic rings. The van der Waals surface area contributed by atoms with Crippen LogP contribution in [0.1, 0.15) is 25.0 Å². The molecule has 6 heteroatoms. The van der Waals surface area contributed by atoms with Crippen LogP contribution in [0, 0.1) is 0 Å². The molecule has 19 heavy (non-hydrogen) atoms. The lowest BCUT2D eigenvalue weighted by molar-refractivity contribution is 0.0442. The van der Waals surface area contributed by atoms with Gasteiger partial charge in [0.2, 0.25) is 0 Å². The maximum Gasteiger partial charge on any atom is 0.410 e. The Balaban J connectivity index is 1.61. The minimum absolute atomic E-state index is 0.179. The molecule has 104 valence electrons. The molecule has 0 aromatic carbocycles. The lowest BCUT2D eigenvalue weighted by Crippen LogP contribution is -2.35. The van der Waals surface area contributed by atoms with Gasteiger partial charge in [-0.1, -0.05) is 0 Å². The zero-order chi connectivity index (χ0) is 13.3. The second-order valence-corrected chi connectivity index (χ2v) is 5.61. The SMILES string of the molecule is CN1CC2(CCCN(Cc3cnc[nH]3)CC2)OC1=O. The van der Waals surface area contributed by atoms with Gasteiger partial charge in [0.05, 0.1) is 12.9 Å². The third-order valence-electron chi connectivity index (χ3n) is 4.08. The molecular formula is C13H20N4O2. The van der Waals surface area contributed by atoms with Crippen LogP contribution in [0.4, 0.5) is 4.79 Å². The summed E-state index contributed by atoms with van der Waals surface area (Å²) in [6, 6.07) is 0. The van der Waals surface area contributed by atoms with Crippen LogP contribution in [0.25, 0.3) is 0 Å². The van der Waals surface area contributed by atoms with Gasteiger partial charge < -0.3 is 14.6 Å². The molecule has 1 unspecified atom stereocenters. The highest BCUT2D eigenvalue weighted by Crippen LogP contribution is 2.32. The Bertz CT molecular complexity index is 448. The number of carbonyl (C=O) groups is 1. The first-order chi connectivity index (χ1) is 9.17. The van der Waals surface area contributed by atoms with E-state index in [-0.39, 0.29) is 11.7 Å². The molecule has 0 radical (unpaired) electrons. The maximum atomic E-state index is 11.6. The summed E-state index contributed by atoms with van der Waals surface area (Å²) in [5.41, 5.74) is 0.880. The summed E-state index contributed by atoms with van der Waals surface area (Å²) in [6.07, 6.45) is 6.34. The van der Waals surface area contributed by atoms with E-state index in [0.717, 1.165) is 51.1 Å². The van der Waals surface area contributed by atoms with Gasteiger partial charge in [-0.2, -0.15) is 0 Å². The number of likely N-dealkylation sites (tertiary alicyclic amines) is 1. The second-order valence-electron chi connectivity index (χ2n) is 5.61. The van der Waals surface area contributed by atoms with E-state index < -0.39 is 0 Å². The Kier molecular flexibility index (Phi) is 3.18. The molecular weight excluding hydrogens is 244 g/mol. The molecule has 1 N–H and O–H groups in total. The molecule has 1 aromatic heterocycles. The van der Waals surface area contributed by atoms with Crippen LogP contribution < -0.4 is 0 Å². The number of nitrogens with one attached hydrogen (secondary N) is 1. The zero-order valence-electron chi connectivity index (χ0n) is 11.3. The number of carbonyl (C=O) groups excluding carboxylic acids is 1. The predicted molar refractivity (Wildman–Crippen MR) is 69.6 cm³/mol. The number of amides is 1. The number of hydrogen-bond donors (Lipinski definition) is 1. The van der Waals surface area contributed by atoms with E-state index in [0.29, 0.717) is 0 Å². The van der Waals surface area contributed by atoms with Gasteiger partial charge in [0, 0.05) is 38.4 Å². The fourth-order valence-corrected chi connectivity index (χ4v) is 3.05. The van der Waals surface area contributed by atoms with Crippen molar-refractivity contribution in [2.75, 3.05) is 26.7 Å². The average molecular weight is 264 g/mol. The van der Waals surface area contributed by atoms with Crippen molar-refractivity contribution in [1.82, 2.24) is 19.8 Å². The summed E-state index contributed by atoms with van der Waals surface area (Å²) < 4.78 is 5.61. The first-order valence-electron chi connectivity index (χ1n) is 6.81. The van der Waals surface area contributed by atoms with Crippen LogP contribution in [-0.2, 0) is 11.3 Å². The van der Waals surface area contributed by atoms with Crippen LogP contribution in [0.3, 0.4) is 0 Å². The van der Waals surface area contributed by atoms with Gasteiger partial charge in [-0.3, -0.25) is 4.90 Å². The molecule has 3 rings (SSSR count). The van der Waals surface area contributed by atoms with Gasteiger partial charge in [-0.15, -0.1) is 0 Å². The van der Waals surface area contributed by atoms with E-state index in [4.69, 9.17) is 4.74 Å². The highest BCUT2D eigenvalue weighted by Gasteiger charge is 2.44. The Labute approximate surface area is 112 Å². The smallest absolute Gasteiger partial charge is 0.410 e. The van der Waals surface area contributed by atoms with E-state index in [1.54, 1.807) is 11.2 Å². The van der Waals surface area contributed by atoms with Crippen molar-refractivity contribution in [3.05, 3.63) is 18.2 Å². The van der Waals surface area contributed by atoms with Crippen molar-refractivity contribution < 1.29 is 9.53 Å². The normalized spacial score (nSPS) is 28.7. The number of H-pyrrole nitrogens is 1. The van der Waals surface area contributed by atoms with E-state index >= 15 is 0 Å². The van der Waals surface area contributed by atoms with Crippen molar-refractivity contribution in [1.29, 1.82) is 0 Å². The molecule has 3 heterocycles. The highest BCUT2D eigenvalue weighted by atomic mass is 16.6. The number of imidazole rings is 1. The van der Waals surface area contributed by atoms with Crippen molar-refractivity contribution in [2.24, 2.45) is 0 Å². The van der Waals surface area contributed by atoms with Crippen LogP contribution in [0.5, 0.6) is 0 Å². The molecule has 0 bridgehead atoms. The highest BCUT2D eigenvalue weighted by molar-refractivity contribution is 5.70. The van der Waals surface area contributed by atoms with Crippen LogP contribution in [-0.4, -0.2) is 58.1 Å². The molecule has 2 fully saturated rings. The van der Waals surface area contributed by atoms with Crippen LogP contribution in [0.2, 0.25) is 0 Å². The molecule has 1 amide bonds. The van der Waals surface area contributed by atoms with Crippen molar-refractivity contribution in [3.63, 3.8) is 0 Å². The van der Waals surface area contributed by atoms with E-state index in [1.807, 2.05) is 13.2 Å². The second kappa shape index (κ2) is 4.85. The molecule has 1 aromatic rings. The third kappa shape index (κ3) is 2.58. The first-order valence-corrected chi connectivity index (χ1v) is 6.81. The average Bonchev–Trinajstić information content (AvgIpc) is 2.91. The Morgan fingerprint density at radius 2 is 2.37 bits per heavy atom. The molecule has 0 aliphatic carbocycles. The molecule has 0 saturated carbocycles. The monoisotopic (exact) mass is 264 g/mol. The number of aromatic nitrogens is 2. The Hall–Kier alpha value is -1.56. The van der Waals surface area contributed by atoms with E-state index in [2.05, 4.69) is 14.9 Å². The standard InChI is InChI=1S/C13H20N4O2/c1-16-9-13(19-12(16)18)3-2-5-17(6-4-13)8-11-7-14-10-15-11/h7,10H,2-6,8-9H2,1H3,(H,14,15). The van der Waals surface area contributed by atoms with E-state index in [9.17, 15) is 4.79 Å². The minimum Gasteiger partial charge on any atom is -0.441 e. The summed E-state index contributed by atoms with van der Waals surface area (Å²) in [5.74, 6) is 0. The third-order valence-corrected chi connectivity index (χ3v) is 4.08. The van der Waals surface area contributed by atoms with Gasteiger partial charge >= 0.3 is 6.09 Å².